The van der Waals surface area contributed by atoms with Crippen LogP contribution in [0.3, 0.4) is 0 Å². The molecule has 8 heteroatoms. The molecule has 1 heterocycles. The molecule has 21 heavy (non-hydrogen) atoms. The number of hydrogen-bond donors (Lipinski definition) is 1. The molecule has 1 aromatic rings. The van der Waals surface area contributed by atoms with Crippen molar-refractivity contribution in [3.05, 3.63) is 24.0 Å². The van der Waals surface area contributed by atoms with Gasteiger partial charge >= 0.3 is 6.18 Å². The lowest BCUT2D eigenvalue weighted by molar-refractivity contribution is -0.153. The Balaban J connectivity index is 2.71. The molecule has 1 N–H and O–H groups in total. The summed E-state index contributed by atoms with van der Waals surface area (Å²) in [7, 11) is 0. The first kappa shape index (κ1) is 18.1. The van der Waals surface area contributed by atoms with Crippen molar-refractivity contribution in [3.63, 3.8) is 0 Å². The number of halogens is 3. The number of nitrogens with one attached hydrogen (secondary N) is 1. The van der Waals surface area contributed by atoms with Crippen LogP contribution in [0.2, 0.25) is 0 Å². The maximum absolute atomic E-state index is 12.1. The van der Waals surface area contributed by atoms with Crippen molar-refractivity contribution < 1.29 is 22.5 Å². The summed E-state index contributed by atoms with van der Waals surface area (Å²) in [6, 6.07) is 2.38. The van der Waals surface area contributed by atoms with Crippen LogP contribution in [0.5, 0.6) is 5.75 Å². The van der Waals surface area contributed by atoms with E-state index in [0.29, 0.717) is 5.69 Å². The normalized spacial score (nSPS) is 15.6. The van der Waals surface area contributed by atoms with Gasteiger partial charge in [-0.2, -0.15) is 13.2 Å². The summed E-state index contributed by atoms with van der Waals surface area (Å²) in [6.45, 7) is 5.84. The van der Waals surface area contributed by atoms with Gasteiger partial charge in [-0.1, -0.05) is 0 Å². The fraction of sp³-hybridized carbons (Fsp3) is 0.615. The molecule has 0 amide bonds. The van der Waals surface area contributed by atoms with Crippen LogP contribution < -0.4 is 9.46 Å². The number of alkyl halides is 3. The van der Waals surface area contributed by atoms with Crippen molar-refractivity contribution in [1.82, 2.24) is 9.71 Å². The summed E-state index contributed by atoms with van der Waals surface area (Å²) in [5.74, 6) is 0.0764. The Bertz CT molecular complexity index is 463. The predicted octanol–water partition coefficient (Wildman–Crippen LogP) is 3.14. The van der Waals surface area contributed by atoms with Gasteiger partial charge in [-0.3, -0.25) is 4.98 Å². The monoisotopic (exact) mass is 324 g/mol. The SMILES string of the molecule is C[C@@H](N[S@+]([O-])C(C)(C)C)c1cc(OCC(F)(F)F)ccn1. The van der Waals surface area contributed by atoms with E-state index in [1.807, 2.05) is 20.8 Å². The van der Waals surface area contributed by atoms with Crippen molar-refractivity contribution in [2.45, 2.75) is 44.7 Å². The molecule has 0 unspecified atom stereocenters. The lowest BCUT2D eigenvalue weighted by Crippen LogP contribution is -2.40. The summed E-state index contributed by atoms with van der Waals surface area (Å²) in [5, 5.41) is 0. The van der Waals surface area contributed by atoms with Crippen LogP contribution in [-0.2, 0) is 11.4 Å². The smallest absolute Gasteiger partial charge is 0.422 e. The first-order valence-corrected chi connectivity index (χ1v) is 7.47. The fourth-order valence-electron chi connectivity index (χ4n) is 1.32. The highest BCUT2D eigenvalue weighted by atomic mass is 32.2. The lowest BCUT2D eigenvalue weighted by atomic mass is 10.2. The predicted molar refractivity (Wildman–Crippen MR) is 75.2 cm³/mol. The molecule has 0 saturated heterocycles. The number of ether oxygens (including phenoxy) is 1. The van der Waals surface area contributed by atoms with Gasteiger partial charge < -0.3 is 9.29 Å². The van der Waals surface area contributed by atoms with Gasteiger partial charge in [-0.25, -0.2) is 0 Å². The molecule has 0 aliphatic heterocycles. The molecule has 0 fully saturated rings. The van der Waals surface area contributed by atoms with E-state index >= 15 is 0 Å². The Labute approximate surface area is 125 Å². The molecule has 0 aliphatic rings. The lowest BCUT2D eigenvalue weighted by Gasteiger charge is -2.26. The molecule has 0 radical (unpaired) electrons. The molecule has 120 valence electrons. The largest absolute Gasteiger partial charge is 0.598 e. The standard InChI is InChI=1S/C13H19F3N2O2S/c1-9(18-21(19)12(2,3)4)11-7-10(5-6-17-11)20-8-13(14,15)16/h5-7,9,18H,8H2,1-4H3/t9-,21-/m1/s1. The van der Waals surface area contributed by atoms with E-state index in [2.05, 4.69) is 14.4 Å². The van der Waals surface area contributed by atoms with E-state index in [0.717, 1.165) is 0 Å². The molecule has 2 atom stereocenters. The minimum absolute atomic E-state index is 0.0764. The molecule has 0 aliphatic carbocycles. The van der Waals surface area contributed by atoms with Gasteiger partial charge in [0.2, 0.25) is 0 Å². The van der Waals surface area contributed by atoms with Gasteiger partial charge in [0.25, 0.3) is 0 Å². The zero-order chi connectivity index (χ0) is 16.3. The van der Waals surface area contributed by atoms with Crippen molar-refractivity contribution in [1.29, 1.82) is 0 Å². The van der Waals surface area contributed by atoms with Crippen molar-refractivity contribution in [2.24, 2.45) is 0 Å². The second-order valence-electron chi connectivity index (χ2n) is 5.54. The zero-order valence-electron chi connectivity index (χ0n) is 12.3. The summed E-state index contributed by atoms with van der Waals surface area (Å²) in [6.07, 6.45) is -3.03. The van der Waals surface area contributed by atoms with E-state index in [1.165, 1.54) is 18.3 Å². The Morgan fingerprint density at radius 3 is 2.52 bits per heavy atom. The molecule has 4 nitrogen and oxygen atoms in total. The first-order chi connectivity index (χ1) is 9.49. The highest BCUT2D eigenvalue weighted by Gasteiger charge is 2.30. The molecule has 1 rings (SSSR count). The van der Waals surface area contributed by atoms with Crippen LogP contribution in [0.15, 0.2) is 18.3 Å². The van der Waals surface area contributed by atoms with Crippen molar-refractivity contribution >= 4 is 11.4 Å². The van der Waals surface area contributed by atoms with Gasteiger partial charge in [-0.15, -0.1) is 4.72 Å². The molecular formula is C13H19F3N2O2S. The summed E-state index contributed by atoms with van der Waals surface area (Å²) >= 11 is -1.30. The number of nitrogens with zero attached hydrogens (tertiary/aromatic N) is 1. The van der Waals surface area contributed by atoms with Gasteiger partial charge in [0, 0.05) is 23.6 Å². The highest BCUT2D eigenvalue weighted by Crippen LogP contribution is 2.22. The number of hydrogen-bond acceptors (Lipinski definition) is 4. The van der Waals surface area contributed by atoms with Crippen molar-refractivity contribution in [3.8, 4) is 5.75 Å². The summed E-state index contributed by atoms with van der Waals surface area (Å²) in [4.78, 5) is 4.06. The van der Waals surface area contributed by atoms with Crippen LogP contribution in [-0.4, -0.2) is 27.1 Å². The Hall–Kier alpha value is -0.990. The number of pyridine rings is 1. The second-order valence-corrected chi connectivity index (χ2v) is 7.54. The average Bonchev–Trinajstić information content (AvgIpc) is 2.34. The van der Waals surface area contributed by atoms with E-state index in [-0.39, 0.29) is 11.8 Å². The quantitative estimate of drug-likeness (QED) is 0.846. The zero-order valence-corrected chi connectivity index (χ0v) is 13.1. The Kier molecular flexibility index (Phi) is 5.89. The molecule has 0 aromatic carbocycles. The van der Waals surface area contributed by atoms with E-state index in [4.69, 9.17) is 0 Å². The van der Waals surface area contributed by atoms with Gasteiger partial charge in [0.1, 0.15) is 10.5 Å². The number of aromatic nitrogens is 1. The van der Waals surface area contributed by atoms with E-state index in [9.17, 15) is 17.7 Å². The van der Waals surface area contributed by atoms with Gasteiger partial charge in [0.05, 0.1) is 11.7 Å². The maximum atomic E-state index is 12.1. The fourth-order valence-corrected chi connectivity index (χ4v) is 2.11. The van der Waals surface area contributed by atoms with Crippen LogP contribution in [0, 0.1) is 0 Å². The summed E-state index contributed by atoms with van der Waals surface area (Å²) in [5.41, 5.74) is 0.465. The third kappa shape index (κ3) is 6.54. The third-order valence-electron chi connectivity index (χ3n) is 2.44. The Morgan fingerprint density at radius 1 is 1.38 bits per heavy atom. The van der Waals surface area contributed by atoms with Crippen LogP contribution >= 0.6 is 0 Å². The summed E-state index contributed by atoms with van der Waals surface area (Å²) < 4.78 is 55.4. The number of rotatable bonds is 5. The molecule has 0 bridgehead atoms. The van der Waals surface area contributed by atoms with Gasteiger partial charge in [0.15, 0.2) is 6.61 Å². The van der Waals surface area contributed by atoms with Crippen molar-refractivity contribution in [2.75, 3.05) is 6.61 Å². The van der Waals surface area contributed by atoms with E-state index < -0.39 is 28.9 Å². The highest BCUT2D eigenvalue weighted by molar-refractivity contribution is 7.90. The van der Waals surface area contributed by atoms with Gasteiger partial charge in [-0.05, 0) is 33.8 Å². The van der Waals surface area contributed by atoms with Crippen LogP contribution in [0.1, 0.15) is 39.4 Å². The third-order valence-corrected chi connectivity index (χ3v) is 4.12. The second kappa shape index (κ2) is 6.85. The molecule has 1 aromatic heterocycles. The van der Waals surface area contributed by atoms with Crippen LogP contribution in [0.4, 0.5) is 13.2 Å². The van der Waals surface area contributed by atoms with Crippen LogP contribution in [0.25, 0.3) is 0 Å². The first-order valence-electron chi connectivity index (χ1n) is 6.32. The topological polar surface area (TPSA) is 57.2 Å². The minimum Gasteiger partial charge on any atom is -0.598 e. The molecule has 0 saturated carbocycles. The maximum Gasteiger partial charge on any atom is 0.422 e. The van der Waals surface area contributed by atoms with E-state index in [1.54, 1.807) is 6.92 Å². The molecule has 0 spiro atoms. The minimum atomic E-state index is -4.39. The molecular weight excluding hydrogens is 305 g/mol. The average molecular weight is 324 g/mol. The Morgan fingerprint density at radius 2 is 2.00 bits per heavy atom.